The number of carbonyl (C=O) groups is 1. The van der Waals surface area contributed by atoms with E-state index in [0.29, 0.717) is 5.56 Å². The van der Waals surface area contributed by atoms with Gasteiger partial charge < -0.3 is 15.2 Å². The zero-order valence-corrected chi connectivity index (χ0v) is 12.5. The highest BCUT2D eigenvalue weighted by Crippen LogP contribution is 2.49. The van der Waals surface area contributed by atoms with Crippen LogP contribution in [-0.2, 0) is 5.92 Å². The van der Waals surface area contributed by atoms with Crippen LogP contribution in [0.4, 0.5) is 19.3 Å². The quantitative estimate of drug-likeness (QED) is 0.655. The zero-order valence-electron chi connectivity index (χ0n) is 11.8. The molecule has 1 atom stereocenters. The first kappa shape index (κ1) is 15.6. The molecule has 120 valence electrons. The van der Waals surface area contributed by atoms with Gasteiger partial charge in [0.05, 0.1) is 11.5 Å². The summed E-state index contributed by atoms with van der Waals surface area (Å²) in [4.78, 5) is 10.7. The van der Waals surface area contributed by atoms with E-state index in [1.807, 2.05) is 0 Å². The van der Waals surface area contributed by atoms with Crippen LogP contribution in [0.5, 0.6) is 11.5 Å². The maximum Gasteiger partial charge on any atom is 0.409 e. The van der Waals surface area contributed by atoms with E-state index < -0.39 is 17.3 Å². The molecule has 2 aromatic carbocycles. The van der Waals surface area contributed by atoms with Crippen molar-refractivity contribution in [2.75, 3.05) is 12.3 Å². The molecular formula is C16H12ClF2NO3. The van der Waals surface area contributed by atoms with Crippen LogP contribution in [-0.4, -0.2) is 12.0 Å². The Morgan fingerprint density at radius 2 is 1.96 bits per heavy atom. The monoisotopic (exact) mass is 339 g/mol. The lowest BCUT2D eigenvalue weighted by Crippen LogP contribution is -2.33. The number of ether oxygens (including phenoxy) is 2. The molecule has 0 bridgehead atoms. The predicted molar refractivity (Wildman–Crippen MR) is 81.3 cm³/mol. The molecule has 0 amide bonds. The van der Waals surface area contributed by atoms with Gasteiger partial charge in [-0.25, -0.2) is 13.6 Å². The fourth-order valence-corrected chi connectivity index (χ4v) is 2.65. The van der Waals surface area contributed by atoms with Gasteiger partial charge in [-0.15, -0.1) is 0 Å². The Labute approximate surface area is 135 Å². The van der Waals surface area contributed by atoms with E-state index in [2.05, 4.69) is 4.74 Å². The van der Waals surface area contributed by atoms with E-state index in [1.54, 1.807) is 0 Å². The van der Waals surface area contributed by atoms with Crippen molar-refractivity contribution in [1.29, 1.82) is 0 Å². The third-order valence-electron chi connectivity index (χ3n) is 3.69. The molecule has 0 spiro atoms. The summed E-state index contributed by atoms with van der Waals surface area (Å²) in [7, 11) is 0. The van der Waals surface area contributed by atoms with Gasteiger partial charge >= 0.3 is 5.43 Å². The molecule has 1 aliphatic heterocycles. The second kappa shape index (κ2) is 5.70. The van der Waals surface area contributed by atoms with Gasteiger partial charge in [0, 0.05) is 17.3 Å². The number of nitrogens with two attached hydrogens (primary N) is 1. The summed E-state index contributed by atoms with van der Waals surface area (Å²) in [5, 5.41) is 0. The smallest absolute Gasteiger partial charge is 0.409 e. The molecule has 4 nitrogen and oxygen atoms in total. The van der Waals surface area contributed by atoms with Crippen LogP contribution in [0.2, 0.25) is 0 Å². The van der Waals surface area contributed by atoms with Crippen molar-refractivity contribution >= 4 is 22.7 Å². The number of benzene rings is 2. The molecule has 3 rings (SSSR count). The van der Waals surface area contributed by atoms with Crippen LogP contribution in [0, 0.1) is 0 Å². The Hall–Kier alpha value is -2.34. The number of halogens is 3. The van der Waals surface area contributed by atoms with Crippen molar-refractivity contribution in [2.45, 2.75) is 11.8 Å². The second-order valence-corrected chi connectivity index (χ2v) is 5.46. The fourth-order valence-electron chi connectivity index (χ4n) is 2.57. The number of anilines is 1. The number of rotatable bonds is 2. The first-order valence-corrected chi connectivity index (χ1v) is 7.13. The summed E-state index contributed by atoms with van der Waals surface area (Å²) >= 11 is 5.10. The molecule has 7 heteroatoms. The molecule has 0 saturated carbocycles. The molecule has 2 N–H and O–H groups in total. The van der Waals surface area contributed by atoms with Gasteiger partial charge in [0.25, 0.3) is 5.92 Å². The third kappa shape index (κ3) is 2.94. The van der Waals surface area contributed by atoms with Crippen molar-refractivity contribution < 1.29 is 23.0 Å². The van der Waals surface area contributed by atoms with E-state index in [-0.39, 0.29) is 29.4 Å². The van der Waals surface area contributed by atoms with Crippen molar-refractivity contribution in [3.63, 3.8) is 0 Å². The van der Waals surface area contributed by atoms with Crippen molar-refractivity contribution in [3.05, 3.63) is 53.6 Å². The standard InChI is InChI=1S/C16H12ClF2NO3/c17-15(21)23-11-4-1-9(2-5-11)13-8-22-14-6-3-10(20)7-12(14)16(13,18)19/h1-7,13H,8,20H2. The minimum absolute atomic E-state index is 0.133. The predicted octanol–water partition coefficient (Wildman–Crippen LogP) is 4.27. The molecule has 1 heterocycles. The maximum atomic E-state index is 14.8. The number of fused-ring (bicyclic) bond motifs is 1. The van der Waals surface area contributed by atoms with Crippen molar-refractivity contribution in [3.8, 4) is 11.5 Å². The first-order valence-electron chi connectivity index (χ1n) is 6.76. The van der Waals surface area contributed by atoms with Crippen LogP contribution >= 0.6 is 11.6 Å². The normalized spacial score (nSPS) is 18.7. The molecule has 2 aromatic rings. The lowest BCUT2D eigenvalue weighted by molar-refractivity contribution is -0.0629. The molecular weight excluding hydrogens is 328 g/mol. The Morgan fingerprint density at radius 1 is 1.26 bits per heavy atom. The molecule has 0 saturated heterocycles. The summed E-state index contributed by atoms with van der Waals surface area (Å²) in [5.74, 6) is -3.99. The second-order valence-electron chi connectivity index (χ2n) is 5.15. The van der Waals surface area contributed by atoms with E-state index in [9.17, 15) is 13.6 Å². The molecule has 0 aromatic heterocycles. The number of hydrogen-bond acceptors (Lipinski definition) is 4. The van der Waals surface area contributed by atoms with Gasteiger partial charge in [-0.05, 0) is 35.9 Å². The minimum Gasteiger partial charge on any atom is -0.492 e. The SMILES string of the molecule is Nc1ccc2c(c1)C(F)(F)C(c1ccc(OC(=O)Cl)cc1)CO2. The maximum absolute atomic E-state index is 14.8. The van der Waals surface area contributed by atoms with Gasteiger partial charge in [-0.3, -0.25) is 0 Å². The lowest BCUT2D eigenvalue weighted by Gasteiger charge is -2.33. The van der Waals surface area contributed by atoms with Crippen molar-refractivity contribution in [1.82, 2.24) is 0 Å². The molecule has 0 radical (unpaired) electrons. The minimum atomic E-state index is -3.13. The van der Waals surface area contributed by atoms with E-state index in [0.717, 1.165) is 0 Å². The molecule has 23 heavy (non-hydrogen) atoms. The van der Waals surface area contributed by atoms with Gasteiger partial charge in [0.2, 0.25) is 0 Å². The van der Waals surface area contributed by atoms with Crippen LogP contribution in [0.25, 0.3) is 0 Å². The average Bonchev–Trinajstić information content (AvgIpc) is 2.48. The topological polar surface area (TPSA) is 61.5 Å². The van der Waals surface area contributed by atoms with Gasteiger partial charge in [-0.2, -0.15) is 0 Å². The average molecular weight is 340 g/mol. The van der Waals surface area contributed by atoms with Crippen LogP contribution in [0.1, 0.15) is 17.0 Å². The highest BCUT2D eigenvalue weighted by atomic mass is 35.5. The summed E-state index contributed by atoms with van der Waals surface area (Å²) in [6.07, 6.45) is 0. The van der Waals surface area contributed by atoms with Crippen molar-refractivity contribution in [2.24, 2.45) is 0 Å². The van der Waals surface area contributed by atoms with Gasteiger partial charge in [0.1, 0.15) is 18.1 Å². The highest BCUT2D eigenvalue weighted by Gasteiger charge is 2.47. The summed E-state index contributed by atoms with van der Waals surface area (Å²) in [5.41, 5.74) is 4.99. The van der Waals surface area contributed by atoms with Crippen LogP contribution in [0.15, 0.2) is 42.5 Å². The zero-order chi connectivity index (χ0) is 16.6. The number of alkyl halides is 2. The van der Waals surface area contributed by atoms with E-state index in [1.165, 1.54) is 42.5 Å². The molecule has 0 aliphatic carbocycles. The van der Waals surface area contributed by atoms with E-state index in [4.69, 9.17) is 22.1 Å². The molecule has 1 aliphatic rings. The number of carbonyl (C=O) groups excluding carboxylic acids is 1. The molecule has 1 unspecified atom stereocenters. The number of hydrogen-bond donors (Lipinski definition) is 1. The Morgan fingerprint density at radius 3 is 2.61 bits per heavy atom. The Bertz CT molecular complexity index is 749. The summed E-state index contributed by atoms with van der Waals surface area (Å²) in [6, 6.07) is 9.90. The molecule has 0 fully saturated rings. The van der Waals surface area contributed by atoms with Gasteiger partial charge in [-0.1, -0.05) is 12.1 Å². The van der Waals surface area contributed by atoms with E-state index >= 15 is 0 Å². The van der Waals surface area contributed by atoms with Crippen LogP contribution < -0.4 is 15.2 Å². The fraction of sp³-hybridized carbons (Fsp3) is 0.188. The lowest BCUT2D eigenvalue weighted by atomic mass is 9.86. The highest BCUT2D eigenvalue weighted by molar-refractivity contribution is 6.61. The first-order chi connectivity index (χ1) is 10.9. The Balaban J connectivity index is 1.93. The third-order valence-corrected chi connectivity index (χ3v) is 3.76. The van der Waals surface area contributed by atoms with Crippen LogP contribution in [0.3, 0.4) is 0 Å². The number of nitrogen functional groups attached to an aromatic ring is 1. The van der Waals surface area contributed by atoms with Gasteiger partial charge in [0.15, 0.2) is 0 Å². The summed E-state index contributed by atoms with van der Waals surface area (Å²) < 4.78 is 39.7. The largest absolute Gasteiger partial charge is 0.492 e. The summed E-state index contributed by atoms with van der Waals surface area (Å²) in [6.45, 7) is -0.168. The Kier molecular flexibility index (Phi) is 3.85.